The van der Waals surface area contributed by atoms with Crippen molar-refractivity contribution >= 4 is 35.4 Å². The van der Waals surface area contributed by atoms with E-state index in [0.29, 0.717) is 16.9 Å². The smallest absolute Gasteiger partial charge is 0.461 e. The molecular weight excluding hydrogens is 552 g/mol. The van der Waals surface area contributed by atoms with E-state index in [0.717, 1.165) is 24.3 Å². The molecule has 0 aliphatic carbocycles. The molecule has 0 bridgehead atoms. The van der Waals surface area contributed by atoms with E-state index in [-0.39, 0.29) is 36.5 Å². The lowest BCUT2D eigenvalue weighted by Crippen LogP contribution is -2.33. The van der Waals surface area contributed by atoms with E-state index in [9.17, 15) is 31.9 Å². The molecular formula is C28H24F4N2O7. The highest BCUT2D eigenvalue weighted by molar-refractivity contribution is 5.92. The summed E-state index contributed by atoms with van der Waals surface area (Å²) >= 11 is 0. The van der Waals surface area contributed by atoms with Gasteiger partial charge in [0.15, 0.2) is 0 Å². The number of anilines is 2. The largest absolute Gasteiger partial charge is 0.462 e. The summed E-state index contributed by atoms with van der Waals surface area (Å²) in [5.74, 6) is -2.47. The molecule has 0 fully saturated rings. The molecule has 3 aromatic rings. The van der Waals surface area contributed by atoms with Gasteiger partial charge in [0.05, 0.1) is 24.3 Å². The number of benzene rings is 3. The molecule has 0 aromatic heterocycles. The number of alkyl halides is 4. The highest BCUT2D eigenvalue weighted by atomic mass is 19.3. The minimum absolute atomic E-state index is 0.00611. The Labute approximate surface area is 231 Å². The number of rotatable bonds is 12. The van der Waals surface area contributed by atoms with Crippen molar-refractivity contribution in [3.05, 3.63) is 89.5 Å². The third kappa shape index (κ3) is 9.56. The van der Waals surface area contributed by atoms with Crippen molar-refractivity contribution in [2.45, 2.75) is 19.0 Å². The molecule has 0 heterocycles. The molecule has 216 valence electrons. The van der Waals surface area contributed by atoms with Gasteiger partial charge in [-0.3, -0.25) is 0 Å². The van der Waals surface area contributed by atoms with E-state index in [1.807, 2.05) is 0 Å². The molecule has 13 heteroatoms. The molecule has 3 rings (SSSR count). The van der Waals surface area contributed by atoms with Gasteiger partial charge >= 0.3 is 30.4 Å². The third-order valence-electron chi connectivity index (χ3n) is 5.08. The van der Waals surface area contributed by atoms with Crippen molar-refractivity contribution in [3.8, 4) is 11.5 Å². The maximum Gasteiger partial charge on any atom is 0.461 e. The van der Waals surface area contributed by atoms with Crippen molar-refractivity contribution in [3.63, 3.8) is 0 Å². The number of halogens is 4. The summed E-state index contributed by atoms with van der Waals surface area (Å²) in [4.78, 5) is 36.2. The highest BCUT2D eigenvalue weighted by Gasteiger charge is 2.43. The first-order chi connectivity index (χ1) is 19.4. The number of carbonyl (C=O) groups excluding carboxylic acids is 3. The highest BCUT2D eigenvalue weighted by Crippen LogP contribution is 2.27. The zero-order valence-electron chi connectivity index (χ0n) is 21.2. The fourth-order valence-corrected chi connectivity index (χ4v) is 3.16. The van der Waals surface area contributed by atoms with Crippen LogP contribution in [0.1, 0.15) is 32.7 Å². The van der Waals surface area contributed by atoms with Gasteiger partial charge in [-0.25, -0.2) is 14.4 Å². The van der Waals surface area contributed by atoms with Gasteiger partial charge in [-0.15, -0.1) is 0 Å². The summed E-state index contributed by atoms with van der Waals surface area (Å²) in [6.45, 7) is 0.0173. The normalized spacial score (nSPS) is 11.3. The van der Waals surface area contributed by atoms with Crippen LogP contribution in [0.3, 0.4) is 0 Å². The van der Waals surface area contributed by atoms with E-state index in [4.69, 9.17) is 25.7 Å². The molecule has 0 atom stereocenters. The monoisotopic (exact) mass is 576 g/mol. The Balaban J connectivity index is 1.39. The van der Waals surface area contributed by atoms with Crippen LogP contribution >= 0.6 is 0 Å². The lowest BCUT2D eigenvalue weighted by atomic mass is 10.2. The quantitative estimate of drug-likeness (QED) is 0.0752. The van der Waals surface area contributed by atoms with Crippen LogP contribution in [0.5, 0.6) is 11.5 Å². The zero-order chi connectivity index (χ0) is 30.0. The summed E-state index contributed by atoms with van der Waals surface area (Å²) in [5, 5.41) is 0. The fraction of sp³-hybridized carbons (Fsp3) is 0.179. The first-order valence-electron chi connectivity index (χ1n) is 11.9. The Hall–Kier alpha value is -5.07. The molecule has 0 unspecified atom stereocenters. The number of hydrogen-bond donors (Lipinski definition) is 2. The first-order valence-corrected chi connectivity index (χ1v) is 11.9. The molecule has 0 amide bonds. The lowest BCUT2D eigenvalue weighted by molar-refractivity contribution is -0.253. The molecule has 41 heavy (non-hydrogen) atoms. The average molecular weight is 576 g/mol. The van der Waals surface area contributed by atoms with E-state index in [2.05, 4.69) is 4.74 Å². The minimum Gasteiger partial charge on any atom is -0.462 e. The van der Waals surface area contributed by atoms with Gasteiger partial charge in [-0.2, -0.15) is 17.6 Å². The Morgan fingerprint density at radius 2 is 1.37 bits per heavy atom. The molecule has 0 aliphatic rings. The lowest BCUT2D eigenvalue weighted by Gasteiger charge is -2.16. The van der Waals surface area contributed by atoms with Gasteiger partial charge in [-0.1, -0.05) is 12.1 Å². The van der Waals surface area contributed by atoms with Gasteiger partial charge < -0.3 is 30.4 Å². The van der Waals surface area contributed by atoms with Crippen molar-refractivity contribution in [1.82, 2.24) is 0 Å². The summed E-state index contributed by atoms with van der Waals surface area (Å²) in [6.07, 6.45) is -5.76. The Bertz CT molecular complexity index is 1380. The Morgan fingerprint density at radius 1 is 0.780 bits per heavy atom. The summed E-state index contributed by atoms with van der Waals surface area (Å²) < 4.78 is 69.7. The minimum atomic E-state index is -4.67. The zero-order valence-corrected chi connectivity index (χ0v) is 21.2. The van der Waals surface area contributed by atoms with Crippen molar-refractivity contribution in [2.75, 3.05) is 24.7 Å². The van der Waals surface area contributed by atoms with Crippen LogP contribution in [0.2, 0.25) is 0 Å². The van der Waals surface area contributed by atoms with E-state index in [1.165, 1.54) is 42.5 Å². The third-order valence-corrected chi connectivity index (χ3v) is 5.08. The van der Waals surface area contributed by atoms with Crippen molar-refractivity contribution < 1.29 is 50.9 Å². The molecule has 0 aliphatic heterocycles. The molecule has 0 saturated carbocycles. The van der Waals surface area contributed by atoms with Gasteiger partial charge in [-0.05, 0) is 66.2 Å². The van der Waals surface area contributed by atoms with Gasteiger partial charge in [0.25, 0.3) is 0 Å². The Morgan fingerprint density at radius 3 is 1.98 bits per heavy atom. The predicted octanol–water partition coefficient (Wildman–Crippen LogP) is 5.11. The number of hydrogen-bond acceptors (Lipinski definition) is 9. The molecule has 9 nitrogen and oxygen atoms in total. The van der Waals surface area contributed by atoms with Crippen LogP contribution in [-0.2, 0) is 14.3 Å². The summed E-state index contributed by atoms with van der Waals surface area (Å²) in [5.41, 5.74) is 12.7. The molecule has 4 N–H and O–H groups in total. The summed E-state index contributed by atoms with van der Waals surface area (Å²) in [6, 6.07) is 14.4. The van der Waals surface area contributed by atoms with Gasteiger partial charge in [0.1, 0.15) is 11.5 Å². The Kier molecular flexibility index (Phi) is 10.3. The second kappa shape index (κ2) is 13.8. The first kappa shape index (κ1) is 30.5. The van der Waals surface area contributed by atoms with Crippen LogP contribution in [0.25, 0.3) is 6.08 Å². The van der Waals surface area contributed by atoms with Crippen LogP contribution in [-0.4, -0.2) is 43.7 Å². The maximum absolute atomic E-state index is 13.0. The predicted molar refractivity (Wildman–Crippen MR) is 140 cm³/mol. The molecule has 0 spiro atoms. The molecule has 0 radical (unpaired) electrons. The van der Waals surface area contributed by atoms with Gasteiger partial charge in [0.2, 0.25) is 0 Å². The van der Waals surface area contributed by atoms with E-state index < -0.39 is 36.2 Å². The summed E-state index contributed by atoms with van der Waals surface area (Å²) in [7, 11) is 0. The van der Waals surface area contributed by atoms with Crippen LogP contribution in [0, 0.1) is 0 Å². The fourth-order valence-electron chi connectivity index (χ4n) is 3.16. The number of esters is 3. The standard InChI is InChI=1S/C28H24F4N2O7/c29-27(30)28(31,32)41-23-9-5-18(6-10-23)26(37)40-22-7-2-17(3-8-22)4-11-24(35)38-12-1-13-39-25(36)19-14-20(33)16-21(34)15-19/h2-11,14-16,27H,1,12-13,33-34H2. The number of nitrogen functional groups attached to an aromatic ring is 2. The second-order valence-electron chi connectivity index (χ2n) is 8.33. The maximum atomic E-state index is 13.0. The van der Waals surface area contributed by atoms with Crippen molar-refractivity contribution in [1.29, 1.82) is 0 Å². The van der Waals surface area contributed by atoms with Crippen LogP contribution in [0.15, 0.2) is 72.8 Å². The number of carbonyl (C=O) groups is 3. The second-order valence-corrected chi connectivity index (χ2v) is 8.33. The molecule has 0 saturated heterocycles. The van der Waals surface area contributed by atoms with Crippen LogP contribution in [0.4, 0.5) is 28.9 Å². The number of ether oxygens (including phenoxy) is 4. The number of nitrogens with two attached hydrogens (primary N) is 2. The van der Waals surface area contributed by atoms with Gasteiger partial charge in [0, 0.05) is 23.9 Å². The average Bonchev–Trinajstić information content (AvgIpc) is 2.92. The van der Waals surface area contributed by atoms with E-state index in [1.54, 1.807) is 12.1 Å². The molecule has 3 aromatic carbocycles. The topological polar surface area (TPSA) is 140 Å². The van der Waals surface area contributed by atoms with Crippen molar-refractivity contribution in [2.24, 2.45) is 0 Å². The van der Waals surface area contributed by atoms with Crippen LogP contribution < -0.4 is 20.9 Å². The van der Waals surface area contributed by atoms with E-state index >= 15 is 0 Å². The SMILES string of the molecule is Nc1cc(N)cc(C(=O)OCCCOC(=O)C=Cc2ccc(OC(=O)c3ccc(OC(F)(F)C(F)F)cc3)cc2)c1.